The number of aliphatic carboxylic acids is 1. The summed E-state index contributed by atoms with van der Waals surface area (Å²) in [4.78, 5) is 10.5. The van der Waals surface area contributed by atoms with Gasteiger partial charge in [0.1, 0.15) is 0 Å². The molecule has 0 aliphatic rings. The van der Waals surface area contributed by atoms with Crippen molar-refractivity contribution >= 4 is 16.0 Å². The second kappa shape index (κ2) is 7.25. The Kier molecular flexibility index (Phi) is 6.83. The van der Waals surface area contributed by atoms with Crippen LogP contribution < -0.4 is 0 Å². The van der Waals surface area contributed by atoms with Crippen molar-refractivity contribution < 1.29 is 57.8 Å². The van der Waals surface area contributed by atoms with Crippen LogP contribution in [0, 0.1) is 0 Å². The first-order chi connectivity index (χ1) is 11.2. The van der Waals surface area contributed by atoms with E-state index in [1.54, 1.807) is 0 Å². The van der Waals surface area contributed by atoms with Crippen molar-refractivity contribution in [3.63, 3.8) is 0 Å². The Morgan fingerprint density at radius 3 is 1.77 bits per heavy atom. The highest BCUT2D eigenvalue weighted by Gasteiger charge is 2.85. The first-order valence-electron chi connectivity index (χ1n) is 6.31. The molecule has 0 aromatic heterocycles. The molecule has 0 aromatic carbocycles. The number of hydrogen-bond acceptors (Lipinski definition) is 3. The lowest BCUT2D eigenvalue weighted by molar-refractivity contribution is -0.382. The van der Waals surface area contributed by atoms with Gasteiger partial charge in [-0.15, -0.1) is 0 Å². The van der Waals surface area contributed by atoms with Crippen molar-refractivity contribution in [3.8, 4) is 0 Å². The van der Waals surface area contributed by atoms with Gasteiger partial charge in [0, 0.05) is 19.2 Å². The van der Waals surface area contributed by atoms with Gasteiger partial charge >= 0.3 is 29.2 Å². The molecule has 0 bridgehead atoms. The average molecular weight is 425 g/mol. The number of halogens is 9. The van der Waals surface area contributed by atoms with Crippen LogP contribution in [-0.4, -0.2) is 60.7 Å². The molecule has 26 heavy (non-hydrogen) atoms. The molecule has 0 rings (SSSR count). The van der Waals surface area contributed by atoms with Gasteiger partial charge in [0.15, 0.2) is 0 Å². The number of sulfonamides is 1. The first-order valence-corrected chi connectivity index (χ1v) is 7.75. The minimum absolute atomic E-state index is 0.231. The van der Waals surface area contributed by atoms with E-state index in [2.05, 4.69) is 0 Å². The zero-order valence-electron chi connectivity index (χ0n) is 12.9. The molecule has 0 fully saturated rings. The third-order valence-electron chi connectivity index (χ3n) is 3.08. The van der Waals surface area contributed by atoms with Crippen LogP contribution in [0.2, 0.25) is 0 Å². The summed E-state index contributed by atoms with van der Waals surface area (Å²) < 4.78 is 137. The van der Waals surface area contributed by atoms with E-state index in [-0.39, 0.29) is 12.6 Å². The minimum atomic E-state index is -7.34. The lowest BCUT2D eigenvalue weighted by Crippen LogP contribution is -2.65. The van der Waals surface area contributed by atoms with E-state index in [0.29, 0.717) is 0 Å². The van der Waals surface area contributed by atoms with E-state index < -0.39 is 56.5 Å². The largest absolute Gasteiger partial charge is 0.478 e. The number of alkyl halides is 9. The summed E-state index contributed by atoms with van der Waals surface area (Å²) >= 11 is 0. The van der Waals surface area contributed by atoms with Crippen LogP contribution in [0.5, 0.6) is 0 Å². The van der Waals surface area contributed by atoms with E-state index in [4.69, 9.17) is 5.11 Å². The molecule has 15 heteroatoms. The van der Waals surface area contributed by atoms with Crippen LogP contribution in [0.25, 0.3) is 0 Å². The van der Waals surface area contributed by atoms with Gasteiger partial charge in [0.05, 0.1) is 0 Å². The summed E-state index contributed by atoms with van der Waals surface area (Å²) in [5.74, 6) is -16.1. The number of hydrogen-bond donors (Lipinski definition) is 1. The molecule has 0 aliphatic carbocycles. The number of nitrogens with zero attached hydrogens (tertiary/aromatic N) is 1. The standard InChI is InChI=1S/C11H12F9NO4S/c1-6(7(22)23)4-3-5-21(2)26(24,25)11(19,20)9(14,15)8(12,13)10(16,17)18/h4H,3,5H2,1-2H3,(H,22,23). The Balaban J connectivity index is 5.75. The van der Waals surface area contributed by atoms with Gasteiger partial charge in [-0.1, -0.05) is 6.08 Å². The third-order valence-corrected chi connectivity index (χ3v) is 4.99. The zero-order chi connectivity index (χ0) is 21.4. The zero-order valence-corrected chi connectivity index (χ0v) is 13.7. The molecule has 0 heterocycles. The highest BCUT2D eigenvalue weighted by Crippen LogP contribution is 2.55. The summed E-state index contributed by atoms with van der Waals surface area (Å²) in [7, 11) is -6.43. The van der Waals surface area contributed by atoms with Gasteiger partial charge < -0.3 is 5.11 Å². The van der Waals surface area contributed by atoms with Crippen LogP contribution in [-0.2, 0) is 14.8 Å². The van der Waals surface area contributed by atoms with Crippen LogP contribution in [0.4, 0.5) is 39.5 Å². The summed E-state index contributed by atoms with van der Waals surface area (Å²) in [6, 6.07) is 0. The van der Waals surface area contributed by atoms with Gasteiger partial charge in [-0.2, -0.15) is 43.8 Å². The Morgan fingerprint density at radius 2 is 1.42 bits per heavy atom. The molecular weight excluding hydrogens is 413 g/mol. The molecule has 0 aliphatic heterocycles. The fourth-order valence-electron chi connectivity index (χ4n) is 1.39. The fourth-order valence-corrected chi connectivity index (χ4v) is 2.58. The Hall–Kier alpha value is -1.51. The molecule has 0 amide bonds. The molecule has 5 nitrogen and oxygen atoms in total. The lowest BCUT2D eigenvalue weighted by atomic mass is 10.1. The molecule has 0 aromatic rings. The molecule has 0 spiro atoms. The number of rotatable bonds is 8. The minimum Gasteiger partial charge on any atom is -0.478 e. The van der Waals surface area contributed by atoms with E-state index in [1.165, 1.54) is 0 Å². The summed E-state index contributed by atoms with van der Waals surface area (Å²) in [6.07, 6.45) is -6.96. The SMILES string of the molecule is CC(=CCCN(C)S(=O)(=O)C(F)(F)C(F)(F)C(F)(F)C(F)(F)F)C(=O)O. The van der Waals surface area contributed by atoms with Crippen LogP contribution >= 0.6 is 0 Å². The highest BCUT2D eigenvalue weighted by molar-refractivity contribution is 7.90. The van der Waals surface area contributed by atoms with Gasteiger partial charge in [0.25, 0.3) is 10.0 Å². The number of carbonyl (C=O) groups is 1. The smallest absolute Gasteiger partial charge is 0.460 e. The first kappa shape index (κ1) is 24.5. The fraction of sp³-hybridized carbons (Fsp3) is 0.727. The van der Waals surface area contributed by atoms with Gasteiger partial charge in [-0.05, 0) is 13.3 Å². The topological polar surface area (TPSA) is 74.7 Å². The van der Waals surface area contributed by atoms with Crippen molar-refractivity contribution in [1.82, 2.24) is 4.31 Å². The van der Waals surface area contributed by atoms with Crippen molar-refractivity contribution in [2.45, 2.75) is 36.6 Å². The molecule has 0 saturated heterocycles. The highest BCUT2D eigenvalue weighted by atomic mass is 32.2. The molecule has 0 saturated carbocycles. The monoisotopic (exact) mass is 425 g/mol. The molecule has 1 N–H and O–H groups in total. The predicted octanol–water partition coefficient (Wildman–Crippen LogP) is 3.09. The van der Waals surface area contributed by atoms with Crippen LogP contribution in [0.15, 0.2) is 11.6 Å². The molecule has 0 unspecified atom stereocenters. The van der Waals surface area contributed by atoms with Gasteiger partial charge in [0.2, 0.25) is 0 Å². The van der Waals surface area contributed by atoms with E-state index >= 15 is 0 Å². The predicted molar refractivity (Wildman–Crippen MR) is 68.5 cm³/mol. The molecule has 0 radical (unpaired) electrons. The lowest BCUT2D eigenvalue weighted by Gasteiger charge is -2.34. The molecule has 0 atom stereocenters. The quantitative estimate of drug-likeness (QED) is 0.479. The molecule has 154 valence electrons. The number of carboxylic acid groups (broad SMARTS) is 1. The van der Waals surface area contributed by atoms with E-state index in [0.717, 1.165) is 13.0 Å². The van der Waals surface area contributed by atoms with Crippen LogP contribution in [0.3, 0.4) is 0 Å². The Morgan fingerprint density at radius 1 is 1.00 bits per heavy atom. The summed E-state index contributed by atoms with van der Waals surface area (Å²) in [5.41, 5.74) is -0.378. The average Bonchev–Trinajstić information content (AvgIpc) is 2.44. The second-order valence-corrected chi connectivity index (χ2v) is 7.06. The van der Waals surface area contributed by atoms with Crippen molar-refractivity contribution in [2.24, 2.45) is 0 Å². The maximum absolute atomic E-state index is 13.5. The molecular formula is C11H12F9NO4S. The van der Waals surface area contributed by atoms with Crippen molar-refractivity contribution in [2.75, 3.05) is 13.6 Å². The Labute approximate surface area is 141 Å². The Bertz CT molecular complexity index is 670. The van der Waals surface area contributed by atoms with E-state index in [1.807, 2.05) is 0 Å². The second-order valence-electron chi connectivity index (χ2n) is 4.97. The van der Waals surface area contributed by atoms with Gasteiger partial charge in [-0.25, -0.2) is 13.2 Å². The number of carboxylic acids is 1. The third kappa shape index (κ3) is 4.07. The van der Waals surface area contributed by atoms with Crippen molar-refractivity contribution in [3.05, 3.63) is 11.6 Å². The van der Waals surface area contributed by atoms with E-state index in [9.17, 15) is 52.7 Å². The van der Waals surface area contributed by atoms with Crippen LogP contribution in [0.1, 0.15) is 13.3 Å². The maximum Gasteiger partial charge on any atom is 0.460 e. The maximum atomic E-state index is 13.5. The van der Waals surface area contributed by atoms with Crippen molar-refractivity contribution in [1.29, 1.82) is 0 Å². The summed E-state index contributed by atoms with van der Waals surface area (Å²) in [5, 5.41) is 1.69. The normalized spacial score (nSPS) is 15.5. The summed E-state index contributed by atoms with van der Waals surface area (Å²) in [6.45, 7) is -0.0698. The van der Waals surface area contributed by atoms with Gasteiger partial charge in [-0.3, -0.25) is 0 Å².